The Bertz CT molecular complexity index is 552. The van der Waals surface area contributed by atoms with Crippen molar-refractivity contribution in [3.8, 4) is 0 Å². The maximum absolute atomic E-state index is 13.8. The lowest BCUT2D eigenvalue weighted by molar-refractivity contribution is 0.441. The molecule has 0 unspecified atom stereocenters. The highest BCUT2D eigenvalue weighted by atomic mass is 31.2. The lowest BCUT2D eigenvalue weighted by atomic mass is 10.0. The third kappa shape index (κ3) is 3.64. The molecule has 1 N–H and O–H groups in total. The van der Waals surface area contributed by atoms with Gasteiger partial charge in [0.25, 0.3) is 0 Å². The predicted octanol–water partition coefficient (Wildman–Crippen LogP) is 3.94. The molecule has 21 heavy (non-hydrogen) atoms. The Kier molecular flexibility index (Phi) is 5.39. The van der Waals surface area contributed by atoms with E-state index in [1.54, 1.807) is 0 Å². The van der Waals surface area contributed by atoms with Crippen molar-refractivity contribution in [1.29, 1.82) is 0 Å². The van der Waals surface area contributed by atoms with Crippen molar-refractivity contribution in [2.24, 2.45) is 5.92 Å². The van der Waals surface area contributed by atoms with Crippen LogP contribution in [0.15, 0.2) is 60.7 Å². The fourth-order valence-corrected chi connectivity index (χ4v) is 5.25. The van der Waals surface area contributed by atoms with Crippen molar-refractivity contribution < 1.29 is 4.57 Å². The lowest BCUT2D eigenvalue weighted by Crippen LogP contribution is -2.37. The zero-order valence-electron chi connectivity index (χ0n) is 13.0. The fraction of sp³-hybridized carbons (Fsp3) is 0.333. The van der Waals surface area contributed by atoms with E-state index in [0.29, 0.717) is 5.92 Å². The van der Waals surface area contributed by atoms with Gasteiger partial charge in [0, 0.05) is 16.7 Å². The molecular formula is C18H24NOP. The molecule has 2 rings (SSSR count). The smallest absolute Gasteiger partial charge is 0.204 e. The molecule has 0 aliphatic carbocycles. The summed E-state index contributed by atoms with van der Waals surface area (Å²) >= 11 is 0. The second kappa shape index (κ2) is 7.06. The van der Waals surface area contributed by atoms with E-state index in [4.69, 9.17) is 0 Å². The molecule has 0 aliphatic heterocycles. The molecular weight excluding hydrogens is 277 g/mol. The van der Waals surface area contributed by atoms with Crippen LogP contribution in [0.3, 0.4) is 0 Å². The monoisotopic (exact) mass is 301 g/mol. The third-order valence-corrected chi connectivity index (χ3v) is 6.58. The maximum Gasteiger partial charge on any atom is 0.204 e. The molecule has 0 aliphatic rings. The van der Waals surface area contributed by atoms with Gasteiger partial charge in [-0.05, 0) is 36.6 Å². The molecule has 1 atom stereocenters. The van der Waals surface area contributed by atoms with E-state index in [2.05, 4.69) is 25.9 Å². The largest absolute Gasteiger partial charge is 0.297 e. The van der Waals surface area contributed by atoms with Crippen LogP contribution in [-0.2, 0) is 4.57 Å². The summed E-state index contributed by atoms with van der Waals surface area (Å²) in [4.78, 5) is 0. The highest BCUT2D eigenvalue weighted by Crippen LogP contribution is 2.40. The van der Waals surface area contributed by atoms with Gasteiger partial charge >= 0.3 is 0 Å². The zero-order chi connectivity index (χ0) is 15.3. The van der Waals surface area contributed by atoms with Gasteiger partial charge in [-0.2, -0.15) is 0 Å². The van der Waals surface area contributed by atoms with Crippen LogP contribution in [0, 0.1) is 5.92 Å². The van der Waals surface area contributed by atoms with E-state index >= 15 is 0 Å². The van der Waals surface area contributed by atoms with E-state index in [0.717, 1.165) is 17.0 Å². The Morgan fingerprint density at radius 3 is 1.67 bits per heavy atom. The highest BCUT2D eigenvalue weighted by molar-refractivity contribution is 7.76. The van der Waals surface area contributed by atoms with E-state index < -0.39 is 7.29 Å². The van der Waals surface area contributed by atoms with E-state index in [-0.39, 0.29) is 6.04 Å². The van der Waals surface area contributed by atoms with Crippen LogP contribution in [0.4, 0.5) is 0 Å². The molecule has 3 heteroatoms. The average Bonchev–Trinajstić information content (AvgIpc) is 2.53. The summed E-state index contributed by atoms with van der Waals surface area (Å²) in [6, 6.07) is 19.7. The Morgan fingerprint density at radius 2 is 1.33 bits per heavy atom. The Morgan fingerprint density at radius 1 is 0.905 bits per heavy atom. The fourth-order valence-electron chi connectivity index (χ4n) is 2.52. The molecule has 0 heterocycles. The van der Waals surface area contributed by atoms with E-state index in [9.17, 15) is 4.57 Å². The first-order chi connectivity index (χ1) is 10.1. The Labute approximate surface area is 128 Å². The van der Waals surface area contributed by atoms with Gasteiger partial charge in [0.15, 0.2) is 0 Å². The molecule has 0 aromatic heterocycles. The minimum Gasteiger partial charge on any atom is -0.297 e. The molecule has 0 radical (unpaired) electrons. The molecule has 2 aromatic carbocycles. The molecule has 112 valence electrons. The van der Waals surface area contributed by atoms with Gasteiger partial charge in [0.1, 0.15) is 0 Å². The van der Waals surface area contributed by atoms with Gasteiger partial charge in [0.2, 0.25) is 7.29 Å². The molecule has 0 amide bonds. The third-order valence-electron chi connectivity index (χ3n) is 3.83. The molecule has 0 bridgehead atoms. The van der Waals surface area contributed by atoms with Crippen LogP contribution < -0.4 is 15.7 Å². The van der Waals surface area contributed by atoms with Gasteiger partial charge in [-0.3, -0.25) is 9.65 Å². The highest BCUT2D eigenvalue weighted by Gasteiger charge is 2.30. The number of nitrogens with one attached hydrogen (secondary N) is 1. The summed E-state index contributed by atoms with van der Waals surface area (Å²) in [5.41, 5.74) is 0. The summed E-state index contributed by atoms with van der Waals surface area (Å²) in [5.74, 6) is 0.441. The summed E-state index contributed by atoms with van der Waals surface area (Å²) in [7, 11) is -2.80. The number of hydrogen-bond donors (Lipinski definition) is 1. The van der Waals surface area contributed by atoms with Crippen molar-refractivity contribution in [2.75, 3.05) is 0 Å². The SMILES string of the molecule is CC[C@H](NP(=O)(c1ccccc1)c1ccccc1)C(C)C. The summed E-state index contributed by atoms with van der Waals surface area (Å²) in [6.07, 6.45) is 0.960. The topological polar surface area (TPSA) is 29.1 Å². The van der Waals surface area contributed by atoms with Gasteiger partial charge < -0.3 is 0 Å². The number of hydrogen-bond acceptors (Lipinski definition) is 1. The van der Waals surface area contributed by atoms with Gasteiger partial charge in [-0.25, -0.2) is 0 Å². The van der Waals surface area contributed by atoms with Gasteiger partial charge in [-0.1, -0.05) is 57.2 Å². The van der Waals surface area contributed by atoms with Crippen molar-refractivity contribution in [3.05, 3.63) is 60.7 Å². The zero-order valence-corrected chi connectivity index (χ0v) is 13.9. The van der Waals surface area contributed by atoms with E-state index in [1.807, 2.05) is 60.7 Å². The van der Waals surface area contributed by atoms with E-state index in [1.165, 1.54) is 0 Å². The second-order valence-corrected chi connectivity index (χ2v) is 8.18. The van der Waals surface area contributed by atoms with Crippen molar-refractivity contribution in [3.63, 3.8) is 0 Å². The number of benzene rings is 2. The van der Waals surface area contributed by atoms with Crippen LogP contribution in [0.1, 0.15) is 27.2 Å². The van der Waals surface area contributed by atoms with Crippen LogP contribution in [0.25, 0.3) is 0 Å². The first kappa shape index (κ1) is 16.0. The van der Waals surface area contributed by atoms with Crippen molar-refractivity contribution in [1.82, 2.24) is 5.09 Å². The maximum atomic E-state index is 13.8. The quantitative estimate of drug-likeness (QED) is 0.819. The molecule has 2 nitrogen and oxygen atoms in total. The molecule has 0 saturated carbocycles. The van der Waals surface area contributed by atoms with Gasteiger partial charge in [-0.15, -0.1) is 0 Å². The predicted molar refractivity (Wildman–Crippen MR) is 91.8 cm³/mol. The minimum absolute atomic E-state index is 0.233. The number of rotatable bonds is 6. The lowest BCUT2D eigenvalue weighted by Gasteiger charge is -2.28. The minimum atomic E-state index is -2.80. The van der Waals surface area contributed by atoms with Crippen LogP contribution in [0.5, 0.6) is 0 Å². The molecule has 0 saturated heterocycles. The molecule has 0 spiro atoms. The first-order valence-electron chi connectivity index (χ1n) is 7.57. The average molecular weight is 301 g/mol. The Balaban J connectivity index is 2.48. The van der Waals surface area contributed by atoms with Crippen LogP contribution in [-0.4, -0.2) is 6.04 Å². The second-order valence-electron chi connectivity index (χ2n) is 5.67. The summed E-state index contributed by atoms with van der Waals surface area (Å²) < 4.78 is 13.8. The van der Waals surface area contributed by atoms with Gasteiger partial charge in [0.05, 0.1) is 0 Å². The van der Waals surface area contributed by atoms with Crippen LogP contribution >= 0.6 is 7.29 Å². The first-order valence-corrected chi connectivity index (χ1v) is 9.27. The van der Waals surface area contributed by atoms with Crippen molar-refractivity contribution in [2.45, 2.75) is 33.2 Å². The molecule has 2 aromatic rings. The van der Waals surface area contributed by atoms with Crippen molar-refractivity contribution >= 4 is 17.9 Å². The summed E-state index contributed by atoms with van der Waals surface area (Å²) in [5, 5.41) is 5.21. The Hall–Kier alpha value is -1.37. The molecule has 0 fully saturated rings. The normalized spacial score (nSPS) is 13.3. The summed E-state index contributed by atoms with van der Waals surface area (Å²) in [6.45, 7) is 6.47. The standard InChI is InChI=1S/C18H24NOP/c1-4-18(15(2)3)19-21(20,16-11-7-5-8-12-16)17-13-9-6-10-14-17/h5-15,18H,4H2,1-3H3,(H,19,20)/t18-/m0/s1. The van der Waals surface area contributed by atoms with Crippen LogP contribution in [0.2, 0.25) is 0 Å².